The molecule has 0 saturated heterocycles. The van der Waals surface area contributed by atoms with Crippen LogP contribution in [-0.2, 0) is 0 Å². The van der Waals surface area contributed by atoms with Gasteiger partial charge in [0.05, 0.1) is 24.6 Å². The molecule has 31 heavy (non-hydrogen) atoms. The van der Waals surface area contributed by atoms with Gasteiger partial charge in [-0.15, -0.1) is 0 Å². The zero-order valence-electron chi connectivity index (χ0n) is 16.7. The summed E-state index contributed by atoms with van der Waals surface area (Å²) in [6.07, 6.45) is 3.46. The third-order valence-corrected chi connectivity index (χ3v) is 5.18. The number of fused-ring (bicyclic) bond motifs is 2. The van der Waals surface area contributed by atoms with Gasteiger partial charge in [0.15, 0.2) is 0 Å². The maximum Gasteiger partial charge on any atom is 0.289 e. The maximum atomic E-state index is 12.6. The molecule has 0 radical (unpaired) electrons. The van der Waals surface area contributed by atoms with Crippen molar-refractivity contribution in [2.24, 2.45) is 5.10 Å². The van der Waals surface area contributed by atoms with E-state index in [1.54, 1.807) is 19.4 Å². The number of carbonyl (C=O) groups is 1. The maximum absolute atomic E-state index is 12.6. The molecule has 2 aromatic heterocycles. The Morgan fingerprint density at radius 3 is 2.74 bits per heavy atom. The van der Waals surface area contributed by atoms with Crippen molar-refractivity contribution in [3.8, 4) is 17.0 Å². The molecule has 7 heteroatoms. The van der Waals surface area contributed by atoms with E-state index in [9.17, 15) is 4.79 Å². The average molecular weight is 409 g/mol. The first-order valence-corrected chi connectivity index (χ1v) is 9.75. The highest BCUT2D eigenvalue weighted by Crippen LogP contribution is 2.36. The number of nitrogens with zero attached hydrogens (tertiary/aromatic N) is 2. The Kier molecular flexibility index (Phi) is 4.68. The highest BCUT2D eigenvalue weighted by atomic mass is 16.5. The summed E-state index contributed by atoms with van der Waals surface area (Å²) in [6.45, 7) is 0. The zero-order valence-corrected chi connectivity index (χ0v) is 16.7. The molecule has 5 aromatic rings. The summed E-state index contributed by atoms with van der Waals surface area (Å²) in [5.74, 6) is 0.309. The van der Waals surface area contributed by atoms with Gasteiger partial charge in [-0.25, -0.2) is 5.43 Å². The van der Waals surface area contributed by atoms with E-state index in [1.165, 1.54) is 0 Å². The van der Waals surface area contributed by atoms with Crippen LogP contribution in [0.25, 0.3) is 32.9 Å². The van der Waals surface area contributed by atoms with Crippen molar-refractivity contribution in [2.45, 2.75) is 0 Å². The number of ether oxygens (including phenoxy) is 1. The number of H-pyrrole nitrogens is 2. The Hall–Kier alpha value is -4.39. The third-order valence-electron chi connectivity index (χ3n) is 5.18. The number of methoxy groups -OCH3 is 1. The van der Waals surface area contributed by atoms with Crippen molar-refractivity contribution in [1.29, 1.82) is 0 Å². The van der Waals surface area contributed by atoms with Gasteiger partial charge in [0.1, 0.15) is 11.4 Å². The number of amides is 1. The Balaban J connectivity index is 1.40. The summed E-state index contributed by atoms with van der Waals surface area (Å²) < 4.78 is 5.54. The summed E-state index contributed by atoms with van der Waals surface area (Å²) in [7, 11) is 1.62. The van der Waals surface area contributed by atoms with Gasteiger partial charge in [0.2, 0.25) is 0 Å². The molecule has 0 bridgehead atoms. The SMILES string of the molecule is COc1ccc2ccccc2c1-c1cc(C(=O)N/N=C\c2c[nH]c3ccccc23)[nH]n1. The van der Waals surface area contributed by atoms with Gasteiger partial charge < -0.3 is 9.72 Å². The number of aromatic amines is 2. The van der Waals surface area contributed by atoms with Gasteiger partial charge >= 0.3 is 0 Å². The minimum atomic E-state index is -0.381. The fraction of sp³-hybridized carbons (Fsp3) is 0.0417. The number of nitrogens with one attached hydrogen (secondary N) is 3. The number of hydrogen-bond acceptors (Lipinski definition) is 4. The molecule has 2 heterocycles. The first kappa shape index (κ1) is 18.6. The molecule has 0 saturated carbocycles. The van der Waals surface area contributed by atoms with Crippen molar-refractivity contribution in [3.63, 3.8) is 0 Å². The van der Waals surface area contributed by atoms with Gasteiger partial charge in [0.25, 0.3) is 5.91 Å². The van der Waals surface area contributed by atoms with E-state index in [-0.39, 0.29) is 5.91 Å². The Labute approximate surface area is 177 Å². The van der Waals surface area contributed by atoms with Gasteiger partial charge in [-0.1, -0.05) is 48.5 Å². The second-order valence-corrected chi connectivity index (χ2v) is 7.02. The van der Waals surface area contributed by atoms with Gasteiger partial charge in [-0.05, 0) is 29.0 Å². The van der Waals surface area contributed by atoms with Crippen LogP contribution in [0.4, 0.5) is 0 Å². The van der Waals surface area contributed by atoms with Crippen LogP contribution in [0, 0.1) is 0 Å². The minimum absolute atomic E-state index is 0.307. The molecular weight excluding hydrogens is 390 g/mol. The molecule has 0 aliphatic rings. The van der Waals surface area contributed by atoms with Crippen LogP contribution in [-0.4, -0.2) is 34.4 Å². The van der Waals surface area contributed by atoms with E-state index in [4.69, 9.17) is 4.74 Å². The lowest BCUT2D eigenvalue weighted by atomic mass is 10.0. The normalized spacial score (nSPS) is 11.4. The lowest BCUT2D eigenvalue weighted by molar-refractivity contribution is 0.0950. The molecule has 0 aliphatic heterocycles. The van der Waals surface area contributed by atoms with E-state index in [0.717, 1.165) is 32.8 Å². The largest absolute Gasteiger partial charge is 0.496 e. The van der Waals surface area contributed by atoms with E-state index < -0.39 is 0 Å². The first-order valence-electron chi connectivity index (χ1n) is 9.75. The van der Waals surface area contributed by atoms with Crippen LogP contribution in [0.15, 0.2) is 78.0 Å². The molecular formula is C24H19N5O2. The monoisotopic (exact) mass is 409 g/mol. The molecule has 3 N–H and O–H groups in total. The molecule has 3 aromatic carbocycles. The van der Waals surface area contributed by atoms with Crippen molar-refractivity contribution in [1.82, 2.24) is 20.6 Å². The molecule has 0 spiro atoms. The molecule has 0 aliphatic carbocycles. The predicted octanol–water partition coefficient (Wildman–Crippen LogP) is 4.48. The summed E-state index contributed by atoms with van der Waals surface area (Å²) in [6, 6.07) is 21.5. The third kappa shape index (κ3) is 3.42. The fourth-order valence-corrected chi connectivity index (χ4v) is 3.67. The number of aromatic nitrogens is 3. The quantitative estimate of drug-likeness (QED) is 0.295. The van der Waals surface area contributed by atoms with Crippen molar-refractivity contribution in [2.75, 3.05) is 7.11 Å². The first-order chi connectivity index (χ1) is 15.2. The zero-order chi connectivity index (χ0) is 21.2. The standard InChI is InChI=1S/C24H19N5O2/c1-31-22-11-10-15-6-2-3-8-18(15)23(22)20-12-21(28-27-20)24(30)29-26-14-16-13-25-19-9-5-4-7-17(16)19/h2-14,25H,1H3,(H,27,28)(H,29,30)/b26-14-. The van der Waals surface area contributed by atoms with Crippen LogP contribution in [0.1, 0.15) is 16.1 Å². The molecule has 1 amide bonds. The van der Waals surface area contributed by atoms with Crippen LogP contribution < -0.4 is 10.2 Å². The second kappa shape index (κ2) is 7.79. The summed E-state index contributed by atoms with van der Waals surface area (Å²) in [4.78, 5) is 15.7. The number of hydrogen-bond donors (Lipinski definition) is 3. The van der Waals surface area contributed by atoms with E-state index in [0.29, 0.717) is 17.1 Å². The molecule has 0 fully saturated rings. The fourth-order valence-electron chi connectivity index (χ4n) is 3.67. The molecule has 152 valence electrons. The van der Waals surface area contributed by atoms with Crippen LogP contribution >= 0.6 is 0 Å². The van der Waals surface area contributed by atoms with Gasteiger partial charge in [-0.2, -0.15) is 10.2 Å². The highest BCUT2D eigenvalue weighted by Gasteiger charge is 2.16. The van der Waals surface area contributed by atoms with Crippen LogP contribution in [0.2, 0.25) is 0 Å². The molecule has 0 atom stereocenters. The summed E-state index contributed by atoms with van der Waals surface area (Å²) in [5, 5.41) is 14.3. The number of benzene rings is 3. The molecule has 7 nitrogen and oxygen atoms in total. The van der Waals surface area contributed by atoms with Crippen molar-refractivity contribution in [3.05, 3.63) is 84.2 Å². The number of para-hydroxylation sites is 1. The lowest BCUT2D eigenvalue weighted by Gasteiger charge is -2.09. The number of hydrazone groups is 1. The van der Waals surface area contributed by atoms with E-state index in [1.807, 2.05) is 66.9 Å². The Bertz CT molecular complexity index is 1430. The van der Waals surface area contributed by atoms with Gasteiger partial charge in [0, 0.05) is 22.7 Å². The molecule has 5 rings (SSSR count). The van der Waals surface area contributed by atoms with Gasteiger partial charge in [-0.3, -0.25) is 9.89 Å². The summed E-state index contributed by atoms with van der Waals surface area (Å²) >= 11 is 0. The minimum Gasteiger partial charge on any atom is -0.496 e. The lowest BCUT2D eigenvalue weighted by Crippen LogP contribution is -2.17. The predicted molar refractivity (Wildman–Crippen MR) is 121 cm³/mol. The Morgan fingerprint density at radius 2 is 1.87 bits per heavy atom. The molecule has 0 unspecified atom stereocenters. The van der Waals surface area contributed by atoms with Crippen LogP contribution in [0.3, 0.4) is 0 Å². The summed E-state index contributed by atoms with van der Waals surface area (Å²) in [5.41, 5.74) is 6.21. The number of carbonyl (C=O) groups excluding carboxylic acids is 1. The Morgan fingerprint density at radius 1 is 1.06 bits per heavy atom. The van der Waals surface area contributed by atoms with Crippen LogP contribution in [0.5, 0.6) is 5.75 Å². The van der Waals surface area contributed by atoms with E-state index >= 15 is 0 Å². The van der Waals surface area contributed by atoms with E-state index in [2.05, 4.69) is 25.7 Å². The number of rotatable bonds is 5. The topological polar surface area (TPSA) is 95.2 Å². The van der Waals surface area contributed by atoms with Crippen molar-refractivity contribution >= 4 is 33.8 Å². The van der Waals surface area contributed by atoms with Crippen molar-refractivity contribution < 1.29 is 9.53 Å². The second-order valence-electron chi connectivity index (χ2n) is 7.02. The average Bonchev–Trinajstić information content (AvgIpc) is 3.46. The smallest absolute Gasteiger partial charge is 0.289 e. The highest BCUT2D eigenvalue weighted by molar-refractivity contribution is 6.02.